The number of nitrogens with two attached hydrogens (primary N) is 1. The number of hydrogen-bond donors (Lipinski definition) is 1. The van der Waals surface area contributed by atoms with Crippen molar-refractivity contribution in [1.82, 2.24) is 4.57 Å². The Morgan fingerprint density at radius 3 is 2.86 bits per heavy atom. The molecule has 1 fully saturated rings. The van der Waals surface area contributed by atoms with Crippen molar-refractivity contribution in [2.24, 2.45) is 17.6 Å². The van der Waals surface area contributed by atoms with Gasteiger partial charge in [0.25, 0.3) is 5.56 Å². The van der Waals surface area contributed by atoms with Crippen molar-refractivity contribution in [3.63, 3.8) is 0 Å². The summed E-state index contributed by atoms with van der Waals surface area (Å²) in [7, 11) is 0. The molecule has 3 atom stereocenters. The van der Waals surface area contributed by atoms with Crippen LogP contribution in [0.4, 0.5) is 4.39 Å². The largest absolute Gasteiger partial charge is 0.328 e. The summed E-state index contributed by atoms with van der Waals surface area (Å²) < 4.78 is 15.6. The first-order valence-electron chi connectivity index (χ1n) is 6.71. The number of rotatable bonds is 3. The number of halogens is 3. The molecule has 1 heterocycles. The summed E-state index contributed by atoms with van der Waals surface area (Å²) in [6, 6.07) is 4.96. The van der Waals surface area contributed by atoms with E-state index in [-0.39, 0.29) is 24.0 Å². The van der Waals surface area contributed by atoms with E-state index in [1.807, 2.05) is 13.0 Å². The van der Waals surface area contributed by atoms with E-state index >= 15 is 0 Å². The molecular weight excluding hydrogens is 359 g/mol. The highest BCUT2D eigenvalue weighted by atomic mass is 79.9. The minimum Gasteiger partial charge on any atom is -0.328 e. The van der Waals surface area contributed by atoms with Gasteiger partial charge in [-0.15, -0.1) is 12.4 Å². The first-order valence-corrected chi connectivity index (χ1v) is 7.50. The lowest BCUT2D eigenvalue weighted by atomic mass is 10.1. The van der Waals surface area contributed by atoms with Gasteiger partial charge in [-0.1, -0.05) is 0 Å². The van der Waals surface area contributed by atoms with Crippen LogP contribution in [0.15, 0.2) is 33.7 Å². The predicted molar refractivity (Wildman–Crippen MR) is 88.4 cm³/mol. The fraction of sp³-hybridized carbons (Fsp3) is 0.400. The van der Waals surface area contributed by atoms with Crippen molar-refractivity contribution in [2.45, 2.75) is 25.9 Å². The number of benzene rings is 1. The highest BCUT2D eigenvalue weighted by Crippen LogP contribution is 2.41. The van der Waals surface area contributed by atoms with Crippen molar-refractivity contribution >= 4 is 39.1 Å². The smallest absolute Gasteiger partial charge is 0.258 e. The summed E-state index contributed by atoms with van der Waals surface area (Å²) in [6.07, 6.45) is 2.85. The molecule has 0 amide bonds. The van der Waals surface area contributed by atoms with Gasteiger partial charge >= 0.3 is 0 Å². The van der Waals surface area contributed by atoms with Crippen LogP contribution < -0.4 is 11.3 Å². The van der Waals surface area contributed by atoms with E-state index in [9.17, 15) is 9.18 Å². The minimum absolute atomic E-state index is 0. The second-order valence-electron chi connectivity index (χ2n) is 5.65. The van der Waals surface area contributed by atoms with Crippen molar-refractivity contribution in [3.8, 4) is 0 Å². The summed E-state index contributed by atoms with van der Waals surface area (Å²) in [5, 5.41) is 1.17. The second-order valence-corrected chi connectivity index (χ2v) is 6.50. The Balaban J connectivity index is 0.00000161. The molecule has 21 heavy (non-hydrogen) atoms. The Morgan fingerprint density at radius 1 is 1.52 bits per heavy atom. The third kappa shape index (κ3) is 3.15. The second kappa shape index (κ2) is 6.07. The van der Waals surface area contributed by atoms with Crippen LogP contribution in [-0.4, -0.2) is 10.6 Å². The van der Waals surface area contributed by atoms with Gasteiger partial charge in [0.05, 0.1) is 9.86 Å². The highest BCUT2D eigenvalue weighted by Gasteiger charge is 2.39. The van der Waals surface area contributed by atoms with E-state index in [1.165, 1.54) is 6.07 Å². The standard InChI is InChI=1S/C15H16BrFN2O.ClH/c1-8(18)11-4-10(11)7-19-3-2-9-5-13(16)14(17)6-12(9)15(19)20;/h2-3,5-6,8,10-11H,4,7,18H2,1H3;1H/t8-,10-,11-;/m0./s1. The molecule has 114 valence electrons. The lowest BCUT2D eigenvalue weighted by Gasteiger charge is -2.09. The molecule has 1 aliphatic rings. The van der Waals surface area contributed by atoms with Gasteiger partial charge in [0, 0.05) is 18.8 Å². The minimum atomic E-state index is -0.410. The molecule has 1 aliphatic carbocycles. The quantitative estimate of drug-likeness (QED) is 0.895. The van der Waals surface area contributed by atoms with E-state index in [0.29, 0.717) is 28.2 Å². The molecule has 2 aromatic rings. The Morgan fingerprint density at radius 2 is 2.24 bits per heavy atom. The van der Waals surface area contributed by atoms with Gasteiger partial charge in [-0.3, -0.25) is 4.79 Å². The Hall–Kier alpha value is -0.910. The first-order chi connectivity index (χ1) is 9.47. The van der Waals surface area contributed by atoms with Gasteiger partial charge in [-0.2, -0.15) is 0 Å². The van der Waals surface area contributed by atoms with Crippen LogP contribution in [0.5, 0.6) is 0 Å². The average molecular weight is 376 g/mol. The summed E-state index contributed by atoms with van der Waals surface area (Å²) in [5.41, 5.74) is 5.73. The Bertz CT molecular complexity index is 731. The first kappa shape index (κ1) is 16.5. The third-order valence-corrected chi connectivity index (χ3v) is 4.71. The zero-order valence-corrected chi connectivity index (χ0v) is 14.0. The SMILES string of the molecule is C[C@H](N)[C@@H]1C[C@H]1Cn1ccc2cc(Br)c(F)cc2c1=O.Cl. The van der Waals surface area contributed by atoms with E-state index in [2.05, 4.69) is 15.9 Å². The predicted octanol–water partition coefficient (Wildman–Crippen LogP) is 3.31. The molecule has 0 radical (unpaired) electrons. The topological polar surface area (TPSA) is 48.0 Å². The number of hydrogen-bond acceptors (Lipinski definition) is 2. The number of pyridine rings is 1. The third-order valence-electron chi connectivity index (χ3n) is 4.10. The van der Waals surface area contributed by atoms with Crippen molar-refractivity contribution in [1.29, 1.82) is 0 Å². The van der Waals surface area contributed by atoms with E-state index in [1.54, 1.807) is 16.8 Å². The van der Waals surface area contributed by atoms with Gasteiger partial charge in [-0.25, -0.2) is 4.39 Å². The molecule has 1 aromatic heterocycles. The summed E-state index contributed by atoms with van der Waals surface area (Å²) in [4.78, 5) is 12.4. The van der Waals surface area contributed by atoms with Gasteiger partial charge in [0.2, 0.25) is 0 Å². The maximum atomic E-state index is 13.6. The van der Waals surface area contributed by atoms with Crippen LogP contribution in [-0.2, 0) is 6.54 Å². The number of fused-ring (bicyclic) bond motifs is 1. The monoisotopic (exact) mass is 374 g/mol. The molecule has 0 saturated heterocycles. The molecule has 1 saturated carbocycles. The average Bonchev–Trinajstić information content (AvgIpc) is 3.15. The molecular formula is C15H17BrClFN2O. The molecule has 0 bridgehead atoms. The lowest BCUT2D eigenvalue weighted by Crippen LogP contribution is -2.23. The van der Waals surface area contributed by atoms with Crippen LogP contribution in [0.25, 0.3) is 10.8 Å². The molecule has 2 N–H and O–H groups in total. The molecule has 6 heteroatoms. The zero-order chi connectivity index (χ0) is 14.4. The van der Waals surface area contributed by atoms with Crippen molar-refractivity contribution in [3.05, 3.63) is 45.0 Å². The summed E-state index contributed by atoms with van der Waals surface area (Å²) >= 11 is 3.14. The van der Waals surface area contributed by atoms with Crippen molar-refractivity contribution in [2.75, 3.05) is 0 Å². The van der Waals surface area contributed by atoms with Crippen LogP contribution in [0.3, 0.4) is 0 Å². The molecule has 0 aliphatic heterocycles. The summed E-state index contributed by atoms with van der Waals surface area (Å²) in [5.74, 6) is 0.553. The van der Waals surface area contributed by atoms with E-state index in [4.69, 9.17) is 5.73 Å². The Kier molecular flexibility index (Phi) is 4.76. The lowest BCUT2D eigenvalue weighted by molar-refractivity contribution is 0.523. The fourth-order valence-corrected chi connectivity index (χ4v) is 3.16. The fourth-order valence-electron chi connectivity index (χ4n) is 2.80. The highest BCUT2D eigenvalue weighted by molar-refractivity contribution is 9.10. The van der Waals surface area contributed by atoms with Crippen LogP contribution >= 0.6 is 28.3 Å². The molecule has 0 spiro atoms. The van der Waals surface area contributed by atoms with E-state index in [0.717, 1.165) is 11.8 Å². The zero-order valence-electron chi connectivity index (χ0n) is 11.6. The maximum absolute atomic E-state index is 13.6. The van der Waals surface area contributed by atoms with Gasteiger partial charge in [-0.05, 0) is 64.7 Å². The number of aromatic nitrogens is 1. The molecule has 3 rings (SSSR count). The van der Waals surface area contributed by atoms with Crippen LogP contribution in [0.2, 0.25) is 0 Å². The molecule has 1 aromatic carbocycles. The van der Waals surface area contributed by atoms with Gasteiger partial charge < -0.3 is 10.3 Å². The normalized spacial score (nSPS) is 21.9. The Labute approximate surface area is 136 Å². The molecule has 3 nitrogen and oxygen atoms in total. The molecule has 0 unspecified atom stereocenters. The number of nitrogens with zero attached hydrogens (tertiary/aromatic N) is 1. The maximum Gasteiger partial charge on any atom is 0.258 e. The summed E-state index contributed by atoms with van der Waals surface area (Å²) in [6.45, 7) is 2.67. The van der Waals surface area contributed by atoms with Crippen LogP contribution in [0, 0.1) is 17.7 Å². The van der Waals surface area contributed by atoms with E-state index < -0.39 is 5.82 Å². The van der Waals surface area contributed by atoms with Crippen LogP contribution in [0.1, 0.15) is 13.3 Å². The van der Waals surface area contributed by atoms with Crippen molar-refractivity contribution < 1.29 is 4.39 Å². The van der Waals surface area contributed by atoms with Gasteiger partial charge in [0.15, 0.2) is 0 Å². The van der Waals surface area contributed by atoms with Gasteiger partial charge in [0.1, 0.15) is 5.82 Å².